The highest BCUT2D eigenvalue weighted by Gasteiger charge is 2.10. The molecule has 0 bridgehead atoms. The number of hydrogen-bond acceptors (Lipinski definition) is 3. The predicted molar refractivity (Wildman–Crippen MR) is 54.6 cm³/mol. The van der Waals surface area contributed by atoms with E-state index in [9.17, 15) is 9.59 Å². The van der Waals surface area contributed by atoms with Gasteiger partial charge in [-0.1, -0.05) is 6.92 Å². The molecule has 0 heterocycles. The molecule has 0 fully saturated rings. The molecule has 0 aromatic rings. The smallest absolute Gasteiger partial charge is 0.241 e. The summed E-state index contributed by atoms with van der Waals surface area (Å²) in [5.74, 6) is -0.359. The van der Waals surface area contributed by atoms with Crippen LogP contribution in [0, 0.1) is 0 Å². The Balaban J connectivity index is 3.86. The van der Waals surface area contributed by atoms with Crippen LogP contribution in [0.5, 0.6) is 0 Å². The zero-order valence-electron chi connectivity index (χ0n) is 8.88. The van der Waals surface area contributed by atoms with Crippen molar-refractivity contribution in [3.05, 3.63) is 0 Å². The number of likely N-dealkylation sites (N-methyl/N-ethyl adjacent to an activating group) is 1. The van der Waals surface area contributed by atoms with E-state index in [-0.39, 0.29) is 24.9 Å². The average molecular weight is 201 g/mol. The SMILES string of the molecule is CCCN(CC)C(=O)CNC(=O)CN. The molecular weight excluding hydrogens is 182 g/mol. The van der Waals surface area contributed by atoms with Crippen molar-refractivity contribution in [2.24, 2.45) is 5.73 Å². The van der Waals surface area contributed by atoms with Gasteiger partial charge in [0, 0.05) is 13.1 Å². The largest absolute Gasteiger partial charge is 0.346 e. The summed E-state index contributed by atoms with van der Waals surface area (Å²) in [4.78, 5) is 23.9. The highest BCUT2D eigenvalue weighted by Crippen LogP contribution is 1.91. The number of nitrogens with one attached hydrogen (secondary N) is 1. The maximum Gasteiger partial charge on any atom is 0.241 e. The molecule has 0 rings (SSSR count). The summed E-state index contributed by atoms with van der Waals surface area (Å²) in [6.07, 6.45) is 0.921. The van der Waals surface area contributed by atoms with Gasteiger partial charge in [-0.25, -0.2) is 0 Å². The first-order valence-corrected chi connectivity index (χ1v) is 4.90. The lowest BCUT2D eigenvalue weighted by Crippen LogP contribution is -2.42. The normalized spacial score (nSPS) is 9.64. The van der Waals surface area contributed by atoms with Gasteiger partial charge in [-0.05, 0) is 13.3 Å². The second-order valence-corrected chi connectivity index (χ2v) is 2.95. The minimum Gasteiger partial charge on any atom is -0.346 e. The number of rotatable bonds is 6. The van der Waals surface area contributed by atoms with Gasteiger partial charge in [-0.2, -0.15) is 0 Å². The third-order valence-electron chi connectivity index (χ3n) is 1.85. The van der Waals surface area contributed by atoms with Gasteiger partial charge in [0.2, 0.25) is 11.8 Å². The summed E-state index contributed by atoms with van der Waals surface area (Å²) in [5, 5.41) is 2.45. The van der Waals surface area contributed by atoms with Crippen LogP contribution in [-0.4, -0.2) is 42.9 Å². The summed E-state index contributed by atoms with van der Waals surface area (Å²) in [6.45, 7) is 5.29. The van der Waals surface area contributed by atoms with Crippen LogP contribution in [0.1, 0.15) is 20.3 Å². The van der Waals surface area contributed by atoms with Gasteiger partial charge in [0.05, 0.1) is 13.1 Å². The van der Waals surface area contributed by atoms with Gasteiger partial charge in [0.25, 0.3) is 0 Å². The van der Waals surface area contributed by atoms with E-state index in [1.165, 1.54) is 0 Å². The van der Waals surface area contributed by atoms with Gasteiger partial charge >= 0.3 is 0 Å². The molecule has 0 aliphatic rings. The number of hydrogen-bond donors (Lipinski definition) is 2. The molecule has 0 aliphatic carbocycles. The van der Waals surface area contributed by atoms with E-state index in [1.807, 2.05) is 13.8 Å². The van der Waals surface area contributed by atoms with Gasteiger partial charge in [0.15, 0.2) is 0 Å². The van der Waals surface area contributed by atoms with Crippen molar-refractivity contribution >= 4 is 11.8 Å². The average Bonchev–Trinajstić information content (AvgIpc) is 2.21. The van der Waals surface area contributed by atoms with Crippen LogP contribution in [0.15, 0.2) is 0 Å². The third-order valence-corrected chi connectivity index (χ3v) is 1.85. The van der Waals surface area contributed by atoms with Crippen LogP contribution in [0.25, 0.3) is 0 Å². The molecule has 0 unspecified atom stereocenters. The Kier molecular flexibility index (Phi) is 6.74. The number of carbonyl (C=O) groups is 2. The van der Waals surface area contributed by atoms with Crippen molar-refractivity contribution in [2.45, 2.75) is 20.3 Å². The Morgan fingerprint density at radius 2 is 2.00 bits per heavy atom. The molecule has 0 radical (unpaired) electrons. The fourth-order valence-electron chi connectivity index (χ4n) is 1.09. The van der Waals surface area contributed by atoms with Crippen molar-refractivity contribution < 1.29 is 9.59 Å². The lowest BCUT2D eigenvalue weighted by molar-refractivity contribution is -0.132. The molecule has 82 valence electrons. The lowest BCUT2D eigenvalue weighted by atomic mass is 10.4. The molecular formula is C9H19N3O2. The van der Waals surface area contributed by atoms with Crippen LogP contribution >= 0.6 is 0 Å². The predicted octanol–water partition coefficient (Wildman–Crippen LogP) is -0.680. The van der Waals surface area contributed by atoms with Crippen molar-refractivity contribution in [3.8, 4) is 0 Å². The third kappa shape index (κ3) is 4.81. The minimum atomic E-state index is -0.300. The van der Waals surface area contributed by atoms with Crippen molar-refractivity contribution in [2.75, 3.05) is 26.2 Å². The maximum absolute atomic E-state index is 11.5. The maximum atomic E-state index is 11.5. The fraction of sp³-hybridized carbons (Fsp3) is 0.778. The number of carbonyl (C=O) groups excluding carboxylic acids is 2. The summed E-state index contributed by atoms with van der Waals surface area (Å²) in [6, 6.07) is 0. The molecule has 0 atom stereocenters. The first-order chi connectivity index (χ1) is 6.65. The van der Waals surface area contributed by atoms with E-state index in [0.717, 1.165) is 13.0 Å². The molecule has 0 aliphatic heterocycles. The Bertz CT molecular complexity index is 194. The Morgan fingerprint density at radius 1 is 1.36 bits per heavy atom. The molecule has 5 nitrogen and oxygen atoms in total. The number of amides is 2. The summed E-state index contributed by atoms with van der Waals surface area (Å²) >= 11 is 0. The van der Waals surface area contributed by atoms with Crippen LogP contribution in [0.3, 0.4) is 0 Å². The Hall–Kier alpha value is -1.10. The van der Waals surface area contributed by atoms with Crippen molar-refractivity contribution in [1.29, 1.82) is 0 Å². The van der Waals surface area contributed by atoms with Crippen LogP contribution in [-0.2, 0) is 9.59 Å². The number of nitrogens with zero attached hydrogens (tertiary/aromatic N) is 1. The van der Waals surface area contributed by atoms with Gasteiger partial charge < -0.3 is 16.0 Å². The van der Waals surface area contributed by atoms with Gasteiger partial charge in [0.1, 0.15) is 0 Å². The highest BCUT2D eigenvalue weighted by atomic mass is 16.2. The molecule has 0 saturated carbocycles. The standard InChI is InChI=1S/C9H19N3O2/c1-3-5-12(4-2)9(14)7-11-8(13)6-10/h3-7,10H2,1-2H3,(H,11,13). The quantitative estimate of drug-likeness (QED) is 0.598. The van der Waals surface area contributed by atoms with E-state index in [2.05, 4.69) is 5.32 Å². The molecule has 5 heteroatoms. The Morgan fingerprint density at radius 3 is 2.43 bits per heavy atom. The van der Waals surface area contributed by atoms with E-state index < -0.39 is 0 Å². The minimum absolute atomic E-state index is 0.0455. The zero-order chi connectivity index (χ0) is 11.0. The second kappa shape index (κ2) is 7.32. The molecule has 0 saturated heterocycles. The molecule has 14 heavy (non-hydrogen) atoms. The van der Waals surface area contributed by atoms with E-state index in [0.29, 0.717) is 6.54 Å². The van der Waals surface area contributed by atoms with Gasteiger partial charge in [-0.15, -0.1) is 0 Å². The summed E-state index contributed by atoms with van der Waals surface area (Å²) in [7, 11) is 0. The monoisotopic (exact) mass is 201 g/mol. The topological polar surface area (TPSA) is 75.4 Å². The lowest BCUT2D eigenvalue weighted by Gasteiger charge is -2.19. The van der Waals surface area contributed by atoms with Crippen molar-refractivity contribution in [1.82, 2.24) is 10.2 Å². The molecule has 3 N–H and O–H groups in total. The van der Waals surface area contributed by atoms with E-state index >= 15 is 0 Å². The first-order valence-electron chi connectivity index (χ1n) is 4.90. The summed E-state index contributed by atoms with van der Waals surface area (Å²) < 4.78 is 0. The molecule has 0 aromatic carbocycles. The van der Waals surface area contributed by atoms with E-state index in [4.69, 9.17) is 5.73 Å². The molecule has 0 aromatic heterocycles. The van der Waals surface area contributed by atoms with Crippen LogP contribution in [0.4, 0.5) is 0 Å². The summed E-state index contributed by atoms with van der Waals surface area (Å²) in [5.41, 5.74) is 5.09. The molecule has 2 amide bonds. The van der Waals surface area contributed by atoms with Crippen molar-refractivity contribution in [3.63, 3.8) is 0 Å². The molecule has 0 spiro atoms. The Labute approximate surface area is 84.6 Å². The number of nitrogens with two attached hydrogens (primary N) is 1. The highest BCUT2D eigenvalue weighted by molar-refractivity contribution is 5.85. The zero-order valence-corrected chi connectivity index (χ0v) is 8.88. The fourth-order valence-corrected chi connectivity index (χ4v) is 1.09. The van der Waals surface area contributed by atoms with Crippen LogP contribution < -0.4 is 11.1 Å². The first kappa shape index (κ1) is 12.9. The van der Waals surface area contributed by atoms with Crippen LogP contribution in [0.2, 0.25) is 0 Å². The van der Waals surface area contributed by atoms with Gasteiger partial charge in [-0.3, -0.25) is 9.59 Å². The van der Waals surface area contributed by atoms with E-state index in [1.54, 1.807) is 4.90 Å². The second-order valence-electron chi connectivity index (χ2n) is 2.95.